The second-order valence-corrected chi connectivity index (χ2v) is 7.73. The molecule has 0 amide bonds. The minimum Gasteiger partial charge on any atom is -0.287 e. The fourth-order valence-electron chi connectivity index (χ4n) is 3.14. The number of halogens is 2. The molecule has 0 unspecified atom stereocenters. The molecule has 4 aromatic rings. The zero-order valence-corrected chi connectivity index (χ0v) is 18.6. The number of nitrogens with zero attached hydrogens (tertiary/aromatic N) is 4. The SMILES string of the molecule is Cc1nn(-c2cccc(Cl)c2)c(Cl)c1C=NN=C(C(=O)c1ccccc1)c1ccccc1. The van der Waals surface area contributed by atoms with E-state index in [0.29, 0.717) is 32.6 Å². The van der Waals surface area contributed by atoms with E-state index in [1.165, 1.54) is 6.21 Å². The molecular formula is C25H18Cl2N4O. The Morgan fingerprint density at radius 1 is 0.906 bits per heavy atom. The van der Waals surface area contributed by atoms with Gasteiger partial charge in [-0.15, -0.1) is 5.10 Å². The highest BCUT2D eigenvalue weighted by Gasteiger charge is 2.17. The Morgan fingerprint density at radius 3 is 2.22 bits per heavy atom. The van der Waals surface area contributed by atoms with Crippen LogP contribution in [0.15, 0.2) is 95.1 Å². The molecule has 0 atom stereocenters. The first-order chi connectivity index (χ1) is 15.5. The third-order valence-electron chi connectivity index (χ3n) is 4.74. The maximum atomic E-state index is 13.1. The number of carbonyl (C=O) groups is 1. The first-order valence-electron chi connectivity index (χ1n) is 9.82. The normalized spacial score (nSPS) is 11.8. The van der Waals surface area contributed by atoms with Crippen molar-refractivity contribution in [2.24, 2.45) is 10.2 Å². The molecular weight excluding hydrogens is 443 g/mol. The third-order valence-corrected chi connectivity index (χ3v) is 5.34. The van der Waals surface area contributed by atoms with Crippen molar-refractivity contribution in [1.82, 2.24) is 9.78 Å². The van der Waals surface area contributed by atoms with E-state index in [1.54, 1.807) is 28.9 Å². The zero-order chi connectivity index (χ0) is 22.5. The van der Waals surface area contributed by atoms with Crippen LogP contribution in [0.3, 0.4) is 0 Å². The van der Waals surface area contributed by atoms with Crippen molar-refractivity contribution in [3.05, 3.63) is 117 Å². The zero-order valence-electron chi connectivity index (χ0n) is 17.1. The van der Waals surface area contributed by atoms with Crippen LogP contribution < -0.4 is 0 Å². The Kier molecular flexibility index (Phi) is 6.59. The Morgan fingerprint density at radius 2 is 1.56 bits per heavy atom. The lowest BCUT2D eigenvalue weighted by molar-refractivity contribution is 0.106. The molecule has 0 fully saturated rings. The van der Waals surface area contributed by atoms with Gasteiger partial charge in [0.25, 0.3) is 0 Å². The molecule has 0 N–H and O–H groups in total. The lowest BCUT2D eigenvalue weighted by Crippen LogP contribution is -2.15. The van der Waals surface area contributed by atoms with Gasteiger partial charge in [0.2, 0.25) is 5.78 Å². The van der Waals surface area contributed by atoms with Gasteiger partial charge in [0.05, 0.1) is 23.2 Å². The van der Waals surface area contributed by atoms with Crippen molar-refractivity contribution in [2.45, 2.75) is 6.92 Å². The number of aryl methyl sites for hydroxylation is 1. The molecule has 0 aliphatic heterocycles. The van der Waals surface area contributed by atoms with Crippen molar-refractivity contribution < 1.29 is 4.79 Å². The molecule has 32 heavy (non-hydrogen) atoms. The average Bonchev–Trinajstić information content (AvgIpc) is 3.11. The number of hydrogen-bond acceptors (Lipinski definition) is 4. The highest BCUT2D eigenvalue weighted by Crippen LogP contribution is 2.24. The predicted octanol–water partition coefficient (Wildman–Crippen LogP) is 6.19. The van der Waals surface area contributed by atoms with E-state index < -0.39 is 0 Å². The first kappa shape index (κ1) is 21.7. The molecule has 0 aliphatic carbocycles. The molecule has 0 aliphatic rings. The Labute approximate surface area is 195 Å². The Hall–Kier alpha value is -3.54. The highest BCUT2D eigenvalue weighted by molar-refractivity contribution is 6.51. The Balaban J connectivity index is 1.70. The van der Waals surface area contributed by atoms with Crippen LogP contribution in [0.25, 0.3) is 5.69 Å². The molecule has 3 aromatic carbocycles. The number of benzene rings is 3. The molecule has 0 radical (unpaired) electrons. The van der Waals surface area contributed by atoms with Crippen LogP contribution in [0, 0.1) is 6.92 Å². The topological polar surface area (TPSA) is 59.6 Å². The number of hydrogen-bond donors (Lipinski definition) is 0. The van der Waals surface area contributed by atoms with Gasteiger partial charge in [0, 0.05) is 16.1 Å². The summed E-state index contributed by atoms with van der Waals surface area (Å²) in [5.41, 5.74) is 3.46. The molecule has 0 saturated heterocycles. The van der Waals surface area contributed by atoms with Crippen LogP contribution in [0.2, 0.25) is 10.2 Å². The van der Waals surface area contributed by atoms with Crippen LogP contribution in [0.5, 0.6) is 0 Å². The summed E-state index contributed by atoms with van der Waals surface area (Å²) in [5.74, 6) is -0.216. The number of Topliss-reactive ketones (excluding diaryl/α,β-unsaturated/α-hetero) is 1. The van der Waals surface area contributed by atoms with Crippen LogP contribution >= 0.6 is 23.2 Å². The molecule has 0 spiro atoms. The van der Waals surface area contributed by atoms with Crippen LogP contribution in [-0.2, 0) is 0 Å². The molecule has 7 heteroatoms. The number of aromatic nitrogens is 2. The summed E-state index contributed by atoms with van der Waals surface area (Å²) in [6.45, 7) is 1.82. The van der Waals surface area contributed by atoms with Gasteiger partial charge in [-0.3, -0.25) is 4.79 Å². The first-order valence-corrected chi connectivity index (χ1v) is 10.6. The van der Waals surface area contributed by atoms with E-state index >= 15 is 0 Å². The molecule has 0 bridgehead atoms. The maximum Gasteiger partial charge on any atom is 0.213 e. The molecule has 1 heterocycles. The van der Waals surface area contributed by atoms with E-state index in [-0.39, 0.29) is 11.5 Å². The quantitative estimate of drug-likeness (QED) is 0.195. The molecule has 5 nitrogen and oxygen atoms in total. The van der Waals surface area contributed by atoms with Crippen molar-refractivity contribution in [3.8, 4) is 5.69 Å². The fraction of sp³-hybridized carbons (Fsp3) is 0.0400. The van der Waals surface area contributed by atoms with Crippen molar-refractivity contribution in [2.75, 3.05) is 0 Å². The van der Waals surface area contributed by atoms with Crippen LogP contribution in [0.4, 0.5) is 0 Å². The Bertz CT molecular complexity index is 1310. The van der Waals surface area contributed by atoms with Gasteiger partial charge < -0.3 is 0 Å². The number of ketones is 1. The lowest BCUT2D eigenvalue weighted by atomic mass is 10.0. The maximum absolute atomic E-state index is 13.1. The van der Waals surface area contributed by atoms with E-state index in [9.17, 15) is 4.79 Å². The summed E-state index contributed by atoms with van der Waals surface area (Å²) in [6.07, 6.45) is 1.51. The monoisotopic (exact) mass is 460 g/mol. The molecule has 1 aromatic heterocycles. The second-order valence-electron chi connectivity index (χ2n) is 6.94. The fourth-order valence-corrected chi connectivity index (χ4v) is 3.64. The lowest BCUT2D eigenvalue weighted by Gasteiger charge is -2.04. The molecule has 0 saturated carbocycles. The highest BCUT2D eigenvalue weighted by atomic mass is 35.5. The summed E-state index contributed by atoms with van der Waals surface area (Å²) in [5, 5.41) is 13.9. The molecule has 4 rings (SSSR count). The van der Waals surface area contributed by atoms with Gasteiger partial charge in [0.1, 0.15) is 10.9 Å². The van der Waals surface area contributed by atoms with E-state index in [4.69, 9.17) is 23.2 Å². The van der Waals surface area contributed by atoms with Crippen LogP contribution in [-0.4, -0.2) is 27.5 Å². The minimum atomic E-state index is -0.216. The largest absolute Gasteiger partial charge is 0.287 e. The summed E-state index contributed by atoms with van der Waals surface area (Å²) in [4.78, 5) is 13.1. The van der Waals surface area contributed by atoms with Gasteiger partial charge in [-0.1, -0.05) is 89.9 Å². The second kappa shape index (κ2) is 9.73. The average molecular weight is 461 g/mol. The smallest absolute Gasteiger partial charge is 0.213 e. The summed E-state index contributed by atoms with van der Waals surface area (Å²) >= 11 is 12.6. The third kappa shape index (κ3) is 4.69. The van der Waals surface area contributed by atoms with E-state index in [0.717, 1.165) is 5.69 Å². The number of rotatable bonds is 6. The number of carbonyl (C=O) groups excluding carboxylic acids is 1. The van der Waals surface area contributed by atoms with E-state index in [2.05, 4.69) is 15.3 Å². The predicted molar refractivity (Wildman–Crippen MR) is 130 cm³/mol. The van der Waals surface area contributed by atoms with Gasteiger partial charge in [-0.25, -0.2) is 4.68 Å². The van der Waals surface area contributed by atoms with Gasteiger partial charge in [0.15, 0.2) is 0 Å². The van der Waals surface area contributed by atoms with Crippen molar-refractivity contribution >= 4 is 40.9 Å². The van der Waals surface area contributed by atoms with Crippen LogP contribution in [0.1, 0.15) is 27.2 Å². The summed E-state index contributed by atoms with van der Waals surface area (Å²) in [7, 11) is 0. The van der Waals surface area contributed by atoms with E-state index in [1.807, 2.05) is 67.6 Å². The minimum absolute atomic E-state index is 0.216. The molecule has 158 valence electrons. The van der Waals surface area contributed by atoms with Gasteiger partial charge in [-0.05, 0) is 25.1 Å². The van der Waals surface area contributed by atoms with Gasteiger partial charge >= 0.3 is 0 Å². The standard InChI is InChI=1S/C25H18Cl2N4O/c1-17-22(25(27)31(30-17)21-14-8-13-20(26)15-21)16-28-29-23(18-9-4-2-5-10-18)24(32)19-11-6-3-7-12-19/h2-16H,1H3. The van der Waals surface area contributed by atoms with Crippen molar-refractivity contribution in [3.63, 3.8) is 0 Å². The van der Waals surface area contributed by atoms with Crippen molar-refractivity contribution in [1.29, 1.82) is 0 Å². The summed E-state index contributed by atoms with van der Waals surface area (Å²) in [6, 6.07) is 25.4. The summed E-state index contributed by atoms with van der Waals surface area (Å²) < 4.78 is 1.58. The van der Waals surface area contributed by atoms with Gasteiger partial charge in [-0.2, -0.15) is 10.2 Å².